The second kappa shape index (κ2) is 7.02. The molecule has 0 saturated heterocycles. The Kier molecular flexibility index (Phi) is 5.09. The number of carbonyl (C=O) groups excluding carboxylic acids is 1. The summed E-state index contributed by atoms with van der Waals surface area (Å²) in [4.78, 5) is 17.5. The lowest BCUT2D eigenvalue weighted by Crippen LogP contribution is -2.13. The summed E-state index contributed by atoms with van der Waals surface area (Å²) in [5, 5.41) is 12.1. The van der Waals surface area contributed by atoms with Gasteiger partial charge >= 0.3 is 0 Å². The summed E-state index contributed by atoms with van der Waals surface area (Å²) in [6, 6.07) is 5.50. The molecule has 1 amide bonds. The number of nitrogens with zero attached hydrogens (tertiary/aromatic N) is 1. The van der Waals surface area contributed by atoms with Crippen LogP contribution in [0.1, 0.15) is 32.8 Å². The fraction of sp³-hybridized carbons (Fsp3) is 0.250. The van der Waals surface area contributed by atoms with Gasteiger partial charge in [0, 0.05) is 23.1 Å². The molecular formula is C16H16N2O2S. The molecule has 1 heterocycles. The van der Waals surface area contributed by atoms with Crippen LogP contribution in [0.25, 0.3) is 0 Å². The largest absolute Gasteiger partial charge is 0.395 e. The lowest BCUT2D eigenvalue weighted by molar-refractivity contribution is 0.102. The van der Waals surface area contributed by atoms with Crippen molar-refractivity contribution in [2.24, 2.45) is 0 Å². The number of carbonyl (C=O) groups is 1. The van der Waals surface area contributed by atoms with E-state index in [9.17, 15) is 4.79 Å². The van der Waals surface area contributed by atoms with Gasteiger partial charge in [-0.05, 0) is 31.5 Å². The van der Waals surface area contributed by atoms with Gasteiger partial charge in [-0.15, -0.1) is 11.3 Å². The first-order valence-corrected chi connectivity index (χ1v) is 7.36. The van der Waals surface area contributed by atoms with Gasteiger partial charge in [-0.2, -0.15) is 0 Å². The van der Waals surface area contributed by atoms with Crippen molar-refractivity contribution in [2.75, 3.05) is 11.9 Å². The van der Waals surface area contributed by atoms with Crippen molar-refractivity contribution in [3.8, 4) is 11.8 Å². The second-order valence-corrected chi connectivity index (χ2v) is 5.79. The van der Waals surface area contributed by atoms with E-state index in [0.717, 1.165) is 10.4 Å². The molecule has 1 aromatic carbocycles. The number of thiazole rings is 1. The highest BCUT2D eigenvalue weighted by Crippen LogP contribution is 2.19. The molecule has 0 fully saturated rings. The SMILES string of the molecule is Cc1ccc(C(=O)Nc2ncc(C)s2)c(C#CCCO)c1. The number of aromatic nitrogens is 1. The Hall–Kier alpha value is -2.16. The van der Waals surface area contributed by atoms with E-state index in [4.69, 9.17) is 5.11 Å². The molecule has 0 aliphatic rings. The molecule has 0 unspecified atom stereocenters. The number of rotatable bonds is 3. The molecule has 0 radical (unpaired) electrons. The monoisotopic (exact) mass is 300 g/mol. The van der Waals surface area contributed by atoms with Gasteiger partial charge in [0.25, 0.3) is 5.91 Å². The molecule has 0 bridgehead atoms. The Morgan fingerprint density at radius 3 is 2.90 bits per heavy atom. The van der Waals surface area contributed by atoms with Crippen molar-refractivity contribution in [3.63, 3.8) is 0 Å². The molecule has 0 aliphatic carbocycles. The lowest BCUT2D eigenvalue weighted by atomic mass is 10.0. The van der Waals surface area contributed by atoms with Crippen LogP contribution in [0.3, 0.4) is 0 Å². The average Bonchev–Trinajstić information content (AvgIpc) is 2.84. The lowest BCUT2D eigenvalue weighted by Gasteiger charge is -2.05. The minimum Gasteiger partial charge on any atom is -0.395 e. The third-order valence-corrected chi connectivity index (χ3v) is 3.55. The molecule has 108 valence electrons. The fourth-order valence-electron chi connectivity index (χ4n) is 1.75. The van der Waals surface area contributed by atoms with Gasteiger partial charge in [0.05, 0.1) is 12.2 Å². The number of anilines is 1. The number of amides is 1. The van der Waals surface area contributed by atoms with E-state index in [1.54, 1.807) is 12.3 Å². The van der Waals surface area contributed by atoms with Crippen LogP contribution in [0, 0.1) is 25.7 Å². The zero-order chi connectivity index (χ0) is 15.2. The zero-order valence-electron chi connectivity index (χ0n) is 11.9. The summed E-state index contributed by atoms with van der Waals surface area (Å²) in [6.45, 7) is 3.90. The summed E-state index contributed by atoms with van der Waals surface area (Å²) in [5.74, 6) is 5.56. The summed E-state index contributed by atoms with van der Waals surface area (Å²) in [5.41, 5.74) is 2.21. The smallest absolute Gasteiger partial charge is 0.258 e. The maximum Gasteiger partial charge on any atom is 0.258 e. The van der Waals surface area contributed by atoms with Crippen LogP contribution in [-0.2, 0) is 0 Å². The maximum atomic E-state index is 12.3. The van der Waals surface area contributed by atoms with Crippen molar-refractivity contribution in [3.05, 3.63) is 46.0 Å². The Labute approximate surface area is 127 Å². The summed E-state index contributed by atoms with van der Waals surface area (Å²) in [7, 11) is 0. The topological polar surface area (TPSA) is 62.2 Å². The Balaban J connectivity index is 2.26. The number of aliphatic hydroxyl groups excluding tert-OH is 1. The highest BCUT2D eigenvalue weighted by Gasteiger charge is 2.12. The number of aryl methyl sites for hydroxylation is 2. The van der Waals surface area contributed by atoms with Crippen LogP contribution >= 0.6 is 11.3 Å². The van der Waals surface area contributed by atoms with Crippen LogP contribution < -0.4 is 5.32 Å². The van der Waals surface area contributed by atoms with Gasteiger partial charge in [-0.3, -0.25) is 10.1 Å². The molecule has 0 aliphatic heterocycles. The minimum atomic E-state index is -0.224. The van der Waals surface area contributed by atoms with Gasteiger partial charge in [0.1, 0.15) is 0 Å². The average molecular weight is 300 g/mol. The standard InChI is InChI=1S/C16H16N2O2S/c1-11-6-7-14(13(9-11)5-3-4-8-19)15(20)18-16-17-10-12(2)21-16/h6-7,9-10,19H,4,8H2,1-2H3,(H,17,18,20). The number of hydrogen-bond acceptors (Lipinski definition) is 4. The van der Waals surface area contributed by atoms with Crippen LogP contribution in [-0.4, -0.2) is 22.6 Å². The van der Waals surface area contributed by atoms with E-state index in [1.165, 1.54) is 11.3 Å². The van der Waals surface area contributed by atoms with E-state index in [1.807, 2.05) is 26.0 Å². The first-order chi connectivity index (χ1) is 10.1. The number of benzene rings is 1. The highest BCUT2D eigenvalue weighted by molar-refractivity contribution is 7.15. The molecule has 1 aromatic heterocycles. The quantitative estimate of drug-likeness (QED) is 0.857. The normalized spacial score (nSPS) is 9.86. The molecule has 2 N–H and O–H groups in total. The summed E-state index contributed by atoms with van der Waals surface area (Å²) >= 11 is 1.43. The molecule has 0 spiro atoms. The number of hydrogen-bond donors (Lipinski definition) is 2. The first-order valence-electron chi connectivity index (χ1n) is 6.54. The van der Waals surface area contributed by atoms with Crippen molar-refractivity contribution >= 4 is 22.4 Å². The van der Waals surface area contributed by atoms with E-state index >= 15 is 0 Å². The molecule has 5 heteroatoms. The van der Waals surface area contributed by atoms with E-state index in [2.05, 4.69) is 22.1 Å². The summed E-state index contributed by atoms with van der Waals surface area (Å²) in [6.07, 6.45) is 2.11. The second-order valence-electron chi connectivity index (χ2n) is 4.55. The fourth-order valence-corrected chi connectivity index (χ4v) is 2.41. The predicted molar refractivity (Wildman–Crippen MR) is 84.6 cm³/mol. The highest BCUT2D eigenvalue weighted by atomic mass is 32.1. The maximum absolute atomic E-state index is 12.3. The molecule has 0 saturated carbocycles. The molecular weight excluding hydrogens is 284 g/mol. The van der Waals surface area contributed by atoms with Gasteiger partial charge in [-0.1, -0.05) is 17.9 Å². The van der Waals surface area contributed by atoms with E-state index in [0.29, 0.717) is 22.7 Å². The third kappa shape index (κ3) is 4.15. The minimum absolute atomic E-state index is 0.0126. The summed E-state index contributed by atoms with van der Waals surface area (Å²) < 4.78 is 0. The number of nitrogens with one attached hydrogen (secondary N) is 1. The van der Waals surface area contributed by atoms with Crippen molar-refractivity contribution in [1.29, 1.82) is 0 Å². The Morgan fingerprint density at radius 1 is 1.43 bits per heavy atom. The van der Waals surface area contributed by atoms with Gasteiger partial charge in [0.2, 0.25) is 0 Å². The zero-order valence-corrected chi connectivity index (χ0v) is 12.8. The van der Waals surface area contributed by atoms with Crippen LogP contribution in [0.5, 0.6) is 0 Å². The Morgan fingerprint density at radius 2 is 2.24 bits per heavy atom. The van der Waals surface area contributed by atoms with Gasteiger partial charge < -0.3 is 5.11 Å². The van der Waals surface area contributed by atoms with Crippen molar-refractivity contribution < 1.29 is 9.90 Å². The van der Waals surface area contributed by atoms with Crippen molar-refractivity contribution in [1.82, 2.24) is 4.98 Å². The van der Waals surface area contributed by atoms with E-state index < -0.39 is 0 Å². The van der Waals surface area contributed by atoms with Crippen LogP contribution in [0.2, 0.25) is 0 Å². The number of aliphatic hydroxyl groups is 1. The molecule has 0 atom stereocenters. The Bertz CT molecular complexity index is 711. The van der Waals surface area contributed by atoms with Gasteiger partial charge in [0.15, 0.2) is 5.13 Å². The molecule has 2 rings (SSSR count). The predicted octanol–water partition coefficient (Wildman–Crippen LogP) is 2.75. The molecule has 2 aromatic rings. The molecule has 21 heavy (non-hydrogen) atoms. The van der Waals surface area contributed by atoms with Crippen LogP contribution in [0.15, 0.2) is 24.4 Å². The third-order valence-electron chi connectivity index (χ3n) is 2.72. The van der Waals surface area contributed by atoms with Gasteiger partial charge in [-0.25, -0.2) is 4.98 Å². The van der Waals surface area contributed by atoms with E-state index in [-0.39, 0.29) is 12.5 Å². The molecule has 4 nitrogen and oxygen atoms in total. The first kappa shape index (κ1) is 15.2. The van der Waals surface area contributed by atoms with Crippen LogP contribution in [0.4, 0.5) is 5.13 Å². The van der Waals surface area contributed by atoms with Crippen molar-refractivity contribution in [2.45, 2.75) is 20.3 Å².